The fourth-order valence-electron chi connectivity index (χ4n) is 3.07. The Kier molecular flexibility index (Phi) is 20.8. The van der Waals surface area contributed by atoms with Crippen LogP contribution in [0.2, 0.25) is 0 Å². The van der Waals surface area contributed by atoms with Crippen LogP contribution in [0.4, 0.5) is 0 Å². The van der Waals surface area contributed by atoms with Crippen LogP contribution in [-0.4, -0.2) is 25.3 Å². The zero-order chi connectivity index (χ0) is 16.1. The van der Waals surface area contributed by atoms with E-state index in [0.717, 1.165) is 6.42 Å². The molecule has 0 atom stereocenters. The number of nitrogens with one attached hydrogen (secondary N) is 1. The van der Waals surface area contributed by atoms with E-state index in [1.54, 1.807) is 0 Å². The SMILES string of the molecule is CNCCCCCCCCCCCCCCCCCCCO. The molecule has 0 saturated heterocycles. The summed E-state index contributed by atoms with van der Waals surface area (Å²) in [6.07, 6.45) is 23.5. The number of hydrogen-bond acceptors (Lipinski definition) is 2. The fraction of sp³-hybridized carbons (Fsp3) is 1.00. The van der Waals surface area contributed by atoms with Gasteiger partial charge in [0.25, 0.3) is 0 Å². The van der Waals surface area contributed by atoms with E-state index in [9.17, 15) is 0 Å². The average molecular weight is 314 g/mol. The molecule has 0 aliphatic heterocycles. The molecule has 0 bridgehead atoms. The number of aliphatic hydroxyl groups is 1. The van der Waals surface area contributed by atoms with Crippen molar-refractivity contribution in [1.82, 2.24) is 5.32 Å². The van der Waals surface area contributed by atoms with Crippen molar-refractivity contribution in [3.05, 3.63) is 0 Å². The Bertz CT molecular complexity index is 165. The lowest BCUT2D eigenvalue weighted by atomic mass is 10.0. The molecular weight excluding hydrogens is 270 g/mol. The lowest BCUT2D eigenvalue weighted by Gasteiger charge is -2.03. The largest absolute Gasteiger partial charge is 0.396 e. The summed E-state index contributed by atoms with van der Waals surface area (Å²) in [4.78, 5) is 0. The second-order valence-corrected chi connectivity index (χ2v) is 6.84. The topological polar surface area (TPSA) is 32.3 Å². The molecular formula is C20H43NO. The summed E-state index contributed by atoms with van der Waals surface area (Å²) in [7, 11) is 2.04. The predicted molar refractivity (Wildman–Crippen MR) is 99.5 cm³/mol. The van der Waals surface area contributed by atoms with Crippen LogP contribution in [-0.2, 0) is 0 Å². The van der Waals surface area contributed by atoms with Crippen molar-refractivity contribution >= 4 is 0 Å². The maximum absolute atomic E-state index is 8.70. The van der Waals surface area contributed by atoms with Crippen molar-refractivity contribution in [1.29, 1.82) is 0 Å². The van der Waals surface area contributed by atoms with Crippen LogP contribution in [0.25, 0.3) is 0 Å². The van der Waals surface area contributed by atoms with Gasteiger partial charge in [0.2, 0.25) is 0 Å². The van der Waals surface area contributed by atoms with Gasteiger partial charge in [0, 0.05) is 6.61 Å². The van der Waals surface area contributed by atoms with E-state index in [0.29, 0.717) is 6.61 Å². The Morgan fingerprint density at radius 3 is 1.00 bits per heavy atom. The van der Waals surface area contributed by atoms with Gasteiger partial charge in [0.15, 0.2) is 0 Å². The number of aliphatic hydroxyl groups excluding tert-OH is 1. The van der Waals surface area contributed by atoms with Crippen LogP contribution in [0.5, 0.6) is 0 Å². The third-order valence-electron chi connectivity index (χ3n) is 4.58. The smallest absolute Gasteiger partial charge is 0.0431 e. The minimum atomic E-state index is 0.371. The standard InChI is InChI=1S/C20H43NO/c1-21-19-17-15-13-11-9-7-5-3-2-4-6-8-10-12-14-16-18-20-22/h21-22H,2-20H2,1H3. The van der Waals surface area contributed by atoms with Gasteiger partial charge in [-0.05, 0) is 26.4 Å². The predicted octanol–water partition coefficient (Wildman–Crippen LogP) is 5.83. The zero-order valence-electron chi connectivity index (χ0n) is 15.4. The highest BCUT2D eigenvalue weighted by molar-refractivity contribution is 4.50. The first kappa shape index (κ1) is 21.9. The Hall–Kier alpha value is -0.0800. The van der Waals surface area contributed by atoms with E-state index in [2.05, 4.69) is 5.32 Å². The highest BCUT2D eigenvalue weighted by Crippen LogP contribution is 2.13. The summed E-state index contributed by atoms with van der Waals surface area (Å²) in [6, 6.07) is 0. The van der Waals surface area contributed by atoms with E-state index >= 15 is 0 Å². The van der Waals surface area contributed by atoms with Crippen LogP contribution in [0, 0.1) is 0 Å². The van der Waals surface area contributed by atoms with Crippen molar-refractivity contribution < 1.29 is 5.11 Å². The van der Waals surface area contributed by atoms with Crippen LogP contribution in [0.15, 0.2) is 0 Å². The van der Waals surface area contributed by atoms with Gasteiger partial charge in [0.05, 0.1) is 0 Å². The molecule has 134 valence electrons. The fourth-order valence-corrected chi connectivity index (χ4v) is 3.07. The van der Waals surface area contributed by atoms with Gasteiger partial charge in [-0.2, -0.15) is 0 Å². The summed E-state index contributed by atoms with van der Waals surface area (Å²) in [5.41, 5.74) is 0. The van der Waals surface area contributed by atoms with Gasteiger partial charge < -0.3 is 10.4 Å². The van der Waals surface area contributed by atoms with E-state index in [4.69, 9.17) is 5.11 Å². The third-order valence-corrected chi connectivity index (χ3v) is 4.58. The van der Waals surface area contributed by atoms with Crippen molar-refractivity contribution in [3.63, 3.8) is 0 Å². The first-order valence-corrected chi connectivity index (χ1v) is 10.2. The molecule has 0 amide bonds. The summed E-state index contributed by atoms with van der Waals surface area (Å²) in [5.74, 6) is 0. The highest BCUT2D eigenvalue weighted by Gasteiger charge is 1.94. The molecule has 0 aromatic rings. The van der Waals surface area contributed by atoms with Crippen molar-refractivity contribution in [3.8, 4) is 0 Å². The lowest BCUT2D eigenvalue weighted by molar-refractivity contribution is 0.282. The third kappa shape index (κ3) is 19.9. The van der Waals surface area contributed by atoms with Gasteiger partial charge >= 0.3 is 0 Å². The summed E-state index contributed by atoms with van der Waals surface area (Å²) >= 11 is 0. The van der Waals surface area contributed by atoms with Crippen molar-refractivity contribution in [2.24, 2.45) is 0 Å². The minimum Gasteiger partial charge on any atom is -0.396 e. The first-order valence-electron chi connectivity index (χ1n) is 10.2. The van der Waals surface area contributed by atoms with Gasteiger partial charge in [-0.25, -0.2) is 0 Å². The van der Waals surface area contributed by atoms with Crippen molar-refractivity contribution in [2.75, 3.05) is 20.2 Å². The Balaban J connectivity index is 2.91. The minimum absolute atomic E-state index is 0.371. The zero-order valence-corrected chi connectivity index (χ0v) is 15.4. The number of rotatable bonds is 19. The first-order chi connectivity index (χ1) is 10.9. The quantitative estimate of drug-likeness (QED) is 0.294. The Labute approximate surface area is 140 Å². The van der Waals surface area contributed by atoms with Crippen molar-refractivity contribution in [2.45, 2.75) is 109 Å². The Morgan fingerprint density at radius 1 is 0.455 bits per heavy atom. The molecule has 2 heteroatoms. The molecule has 2 N–H and O–H groups in total. The van der Waals surface area contributed by atoms with Gasteiger partial charge in [-0.15, -0.1) is 0 Å². The molecule has 0 aliphatic rings. The van der Waals surface area contributed by atoms with E-state index in [1.165, 1.54) is 109 Å². The van der Waals surface area contributed by atoms with Crippen LogP contribution in [0.3, 0.4) is 0 Å². The summed E-state index contributed by atoms with van der Waals surface area (Å²) < 4.78 is 0. The second kappa shape index (κ2) is 20.9. The van der Waals surface area contributed by atoms with E-state index < -0.39 is 0 Å². The maximum Gasteiger partial charge on any atom is 0.0431 e. The molecule has 22 heavy (non-hydrogen) atoms. The van der Waals surface area contributed by atoms with Gasteiger partial charge in [-0.3, -0.25) is 0 Å². The Morgan fingerprint density at radius 2 is 0.727 bits per heavy atom. The molecule has 0 unspecified atom stereocenters. The van der Waals surface area contributed by atoms with Gasteiger partial charge in [0.1, 0.15) is 0 Å². The molecule has 0 spiro atoms. The summed E-state index contributed by atoms with van der Waals surface area (Å²) in [5, 5.41) is 11.9. The van der Waals surface area contributed by atoms with Crippen LogP contribution < -0.4 is 5.32 Å². The summed E-state index contributed by atoms with van der Waals surface area (Å²) in [6.45, 7) is 1.55. The van der Waals surface area contributed by atoms with Crippen LogP contribution in [0.1, 0.15) is 109 Å². The molecule has 0 radical (unpaired) electrons. The number of unbranched alkanes of at least 4 members (excludes halogenated alkanes) is 16. The number of hydrogen-bond donors (Lipinski definition) is 2. The lowest BCUT2D eigenvalue weighted by Crippen LogP contribution is -2.06. The maximum atomic E-state index is 8.70. The molecule has 0 saturated carbocycles. The molecule has 0 fully saturated rings. The van der Waals surface area contributed by atoms with Gasteiger partial charge in [-0.1, -0.05) is 96.3 Å². The second-order valence-electron chi connectivity index (χ2n) is 6.84. The van der Waals surface area contributed by atoms with Crippen LogP contribution >= 0.6 is 0 Å². The normalized spacial score (nSPS) is 11.2. The highest BCUT2D eigenvalue weighted by atomic mass is 16.2. The molecule has 0 heterocycles. The molecule has 0 aliphatic carbocycles. The molecule has 0 aromatic carbocycles. The monoisotopic (exact) mass is 313 g/mol. The molecule has 0 rings (SSSR count). The van der Waals surface area contributed by atoms with E-state index in [-0.39, 0.29) is 0 Å². The molecule has 0 aromatic heterocycles. The van der Waals surface area contributed by atoms with E-state index in [1.807, 2.05) is 7.05 Å². The molecule has 2 nitrogen and oxygen atoms in total. The average Bonchev–Trinajstić information content (AvgIpc) is 2.54.